The summed E-state index contributed by atoms with van der Waals surface area (Å²) in [4.78, 5) is 11.0. The Hall–Kier alpha value is -1.59. The molecule has 1 aromatic heterocycles. The van der Waals surface area contributed by atoms with Crippen molar-refractivity contribution in [2.24, 2.45) is 5.41 Å². The van der Waals surface area contributed by atoms with E-state index in [-0.39, 0.29) is 0 Å². The predicted molar refractivity (Wildman–Crippen MR) is 96.9 cm³/mol. The Morgan fingerprint density at radius 1 is 1.17 bits per heavy atom. The first-order valence-corrected chi connectivity index (χ1v) is 9.74. The van der Waals surface area contributed by atoms with Gasteiger partial charge in [0, 0.05) is 49.2 Å². The van der Waals surface area contributed by atoms with E-state index in [0.717, 1.165) is 38.4 Å². The van der Waals surface area contributed by atoms with Crippen LogP contribution in [0.5, 0.6) is 5.75 Å². The van der Waals surface area contributed by atoms with Gasteiger partial charge in [0.25, 0.3) is 0 Å². The molecule has 24 heavy (non-hydrogen) atoms. The summed E-state index contributed by atoms with van der Waals surface area (Å²) in [5.41, 5.74) is 1.70. The molecule has 0 aliphatic carbocycles. The normalized spacial score (nSPS) is 22.2. The highest BCUT2D eigenvalue weighted by Crippen LogP contribution is 2.41. The SMILES string of the molecule is c1ccc2c(c1)CC1(CO2)CN(Cc2cnc(N3CCCC3)s2)C1. The smallest absolute Gasteiger partial charge is 0.185 e. The third kappa shape index (κ3) is 2.60. The number of hydrogen-bond acceptors (Lipinski definition) is 5. The van der Waals surface area contributed by atoms with Crippen molar-refractivity contribution in [2.75, 3.05) is 37.7 Å². The maximum absolute atomic E-state index is 6.01. The van der Waals surface area contributed by atoms with Crippen LogP contribution in [0.4, 0.5) is 5.13 Å². The van der Waals surface area contributed by atoms with Gasteiger partial charge in [0.05, 0.1) is 6.61 Å². The molecule has 2 saturated heterocycles. The van der Waals surface area contributed by atoms with Gasteiger partial charge in [-0.05, 0) is 30.9 Å². The Morgan fingerprint density at radius 2 is 2.00 bits per heavy atom. The number of likely N-dealkylation sites (tertiary alicyclic amines) is 1. The van der Waals surface area contributed by atoms with Crippen LogP contribution in [0.25, 0.3) is 0 Å². The fourth-order valence-corrected chi connectivity index (χ4v) is 5.34. The topological polar surface area (TPSA) is 28.6 Å². The van der Waals surface area contributed by atoms with E-state index in [1.165, 1.54) is 41.5 Å². The van der Waals surface area contributed by atoms with Crippen LogP contribution in [0.15, 0.2) is 30.5 Å². The minimum absolute atomic E-state index is 0.330. The molecule has 4 nitrogen and oxygen atoms in total. The van der Waals surface area contributed by atoms with Crippen LogP contribution in [0.3, 0.4) is 0 Å². The monoisotopic (exact) mass is 341 g/mol. The van der Waals surface area contributed by atoms with Crippen LogP contribution in [0, 0.1) is 5.41 Å². The molecule has 126 valence electrons. The third-order valence-electron chi connectivity index (χ3n) is 5.49. The molecule has 0 atom stereocenters. The van der Waals surface area contributed by atoms with Crippen molar-refractivity contribution in [1.29, 1.82) is 0 Å². The molecule has 5 rings (SSSR count). The van der Waals surface area contributed by atoms with Crippen molar-refractivity contribution in [3.05, 3.63) is 40.9 Å². The number of para-hydroxylation sites is 1. The molecule has 3 aliphatic rings. The van der Waals surface area contributed by atoms with E-state index in [9.17, 15) is 0 Å². The lowest BCUT2D eigenvalue weighted by Gasteiger charge is -2.51. The highest BCUT2D eigenvalue weighted by molar-refractivity contribution is 7.15. The van der Waals surface area contributed by atoms with Crippen molar-refractivity contribution in [3.8, 4) is 5.75 Å². The zero-order valence-electron chi connectivity index (χ0n) is 13.9. The lowest BCUT2D eigenvalue weighted by atomic mass is 9.74. The number of ether oxygens (including phenoxy) is 1. The number of fused-ring (bicyclic) bond motifs is 1. The molecular weight excluding hydrogens is 318 g/mol. The molecule has 0 radical (unpaired) electrons. The lowest BCUT2D eigenvalue weighted by molar-refractivity contribution is -0.0473. The van der Waals surface area contributed by atoms with Gasteiger partial charge in [0.2, 0.25) is 0 Å². The number of hydrogen-bond donors (Lipinski definition) is 0. The fourth-order valence-electron chi connectivity index (χ4n) is 4.34. The molecule has 0 bridgehead atoms. The van der Waals surface area contributed by atoms with Crippen LogP contribution in [-0.2, 0) is 13.0 Å². The maximum Gasteiger partial charge on any atom is 0.185 e. The molecule has 1 aromatic carbocycles. The van der Waals surface area contributed by atoms with Crippen LogP contribution in [0.2, 0.25) is 0 Å². The summed E-state index contributed by atoms with van der Waals surface area (Å²) in [7, 11) is 0. The first-order chi connectivity index (χ1) is 11.8. The second kappa shape index (κ2) is 5.74. The zero-order valence-corrected chi connectivity index (χ0v) is 14.7. The van der Waals surface area contributed by atoms with Crippen molar-refractivity contribution in [2.45, 2.75) is 25.8 Å². The van der Waals surface area contributed by atoms with E-state index in [0.29, 0.717) is 5.41 Å². The van der Waals surface area contributed by atoms with Gasteiger partial charge < -0.3 is 9.64 Å². The average Bonchev–Trinajstić information content (AvgIpc) is 3.24. The summed E-state index contributed by atoms with van der Waals surface area (Å²) in [5, 5.41) is 1.22. The second-order valence-corrected chi connectivity index (χ2v) is 8.62. The van der Waals surface area contributed by atoms with Gasteiger partial charge in [-0.3, -0.25) is 4.90 Å². The molecule has 5 heteroatoms. The van der Waals surface area contributed by atoms with E-state index in [4.69, 9.17) is 4.74 Å². The Morgan fingerprint density at radius 3 is 2.88 bits per heavy atom. The summed E-state index contributed by atoms with van der Waals surface area (Å²) in [6.45, 7) is 6.53. The standard InChI is InChI=1S/C19H23N3OS/c1-2-6-17-15(5-1)9-19(14-23-17)12-21(13-19)11-16-10-20-18(24-16)22-7-3-4-8-22/h1-2,5-6,10H,3-4,7-9,11-14H2. The van der Waals surface area contributed by atoms with E-state index < -0.39 is 0 Å². The number of aromatic nitrogens is 1. The zero-order chi connectivity index (χ0) is 16.0. The number of thiazole rings is 1. The molecule has 3 aliphatic heterocycles. The predicted octanol–water partition coefficient (Wildman–Crippen LogP) is 3.18. The van der Waals surface area contributed by atoms with Gasteiger partial charge in [-0.15, -0.1) is 11.3 Å². The molecule has 1 spiro atoms. The largest absolute Gasteiger partial charge is 0.493 e. The minimum atomic E-state index is 0.330. The van der Waals surface area contributed by atoms with Gasteiger partial charge in [-0.25, -0.2) is 4.98 Å². The van der Waals surface area contributed by atoms with Crippen molar-refractivity contribution in [3.63, 3.8) is 0 Å². The summed E-state index contributed by atoms with van der Waals surface area (Å²) in [6.07, 6.45) is 5.85. The van der Waals surface area contributed by atoms with Crippen molar-refractivity contribution >= 4 is 16.5 Å². The Balaban J connectivity index is 1.20. The van der Waals surface area contributed by atoms with Crippen LogP contribution < -0.4 is 9.64 Å². The first-order valence-electron chi connectivity index (χ1n) is 8.92. The number of nitrogens with zero attached hydrogens (tertiary/aromatic N) is 3. The number of benzene rings is 1. The van der Waals surface area contributed by atoms with E-state index in [2.05, 4.69) is 45.2 Å². The van der Waals surface area contributed by atoms with Crippen molar-refractivity contribution < 1.29 is 4.74 Å². The van der Waals surface area contributed by atoms with Crippen LogP contribution in [0.1, 0.15) is 23.3 Å². The molecule has 0 unspecified atom stereocenters. The van der Waals surface area contributed by atoms with Crippen LogP contribution in [-0.4, -0.2) is 42.7 Å². The molecule has 0 amide bonds. The van der Waals surface area contributed by atoms with E-state index in [1.807, 2.05) is 11.3 Å². The van der Waals surface area contributed by atoms with Gasteiger partial charge in [-0.1, -0.05) is 18.2 Å². The molecule has 0 N–H and O–H groups in total. The average molecular weight is 341 g/mol. The summed E-state index contributed by atoms with van der Waals surface area (Å²) < 4.78 is 6.01. The molecule has 2 fully saturated rings. The van der Waals surface area contributed by atoms with E-state index >= 15 is 0 Å². The van der Waals surface area contributed by atoms with Gasteiger partial charge in [0.15, 0.2) is 5.13 Å². The van der Waals surface area contributed by atoms with Gasteiger partial charge in [0.1, 0.15) is 5.75 Å². The van der Waals surface area contributed by atoms with Crippen molar-refractivity contribution in [1.82, 2.24) is 9.88 Å². The minimum Gasteiger partial charge on any atom is -0.493 e. The fraction of sp³-hybridized carbons (Fsp3) is 0.526. The highest BCUT2D eigenvalue weighted by atomic mass is 32.1. The Kier molecular flexibility index (Phi) is 3.52. The maximum atomic E-state index is 6.01. The summed E-state index contributed by atoms with van der Waals surface area (Å²) >= 11 is 1.87. The number of anilines is 1. The van der Waals surface area contributed by atoms with Crippen LogP contribution >= 0.6 is 11.3 Å². The molecule has 2 aromatic rings. The third-order valence-corrected chi connectivity index (χ3v) is 6.53. The molecule has 0 saturated carbocycles. The Bertz CT molecular complexity index is 732. The molecular formula is C19H23N3OS. The van der Waals surface area contributed by atoms with E-state index in [1.54, 1.807) is 0 Å². The highest BCUT2D eigenvalue weighted by Gasteiger charge is 2.46. The first kappa shape index (κ1) is 14.7. The second-order valence-electron chi connectivity index (χ2n) is 7.52. The van der Waals surface area contributed by atoms with Gasteiger partial charge in [-0.2, -0.15) is 0 Å². The quantitative estimate of drug-likeness (QED) is 0.857. The summed E-state index contributed by atoms with van der Waals surface area (Å²) in [6, 6.07) is 8.49. The number of rotatable bonds is 3. The lowest BCUT2D eigenvalue weighted by Crippen LogP contribution is -2.60. The summed E-state index contributed by atoms with van der Waals surface area (Å²) in [5.74, 6) is 1.08. The Labute approximate surface area is 147 Å². The van der Waals surface area contributed by atoms with Gasteiger partial charge >= 0.3 is 0 Å². The molecule has 4 heterocycles.